The van der Waals surface area contributed by atoms with E-state index in [0.29, 0.717) is 0 Å². The van der Waals surface area contributed by atoms with Crippen molar-refractivity contribution < 1.29 is 0 Å². The summed E-state index contributed by atoms with van der Waals surface area (Å²) in [5.41, 5.74) is 1.17. The van der Waals surface area contributed by atoms with E-state index in [2.05, 4.69) is 40.9 Å². The van der Waals surface area contributed by atoms with Crippen molar-refractivity contribution in [3.8, 4) is 0 Å². The Hall–Kier alpha value is -0.780. The van der Waals surface area contributed by atoms with Crippen molar-refractivity contribution >= 4 is 0 Å². The van der Waals surface area contributed by atoms with Crippen LogP contribution in [0.4, 0.5) is 0 Å². The Morgan fingerprint density at radius 2 is 1.19 bits per heavy atom. The highest BCUT2D eigenvalue weighted by molar-refractivity contribution is 4.78. The minimum atomic E-state index is 0.833. The fourth-order valence-electron chi connectivity index (χ4n) is 0. The summed E-state index contributed by atoms with van der Waals surface area (Å²) in [6, 6.07) is 0. The molecule has 0 rings (SSSR count). The van der Waals surface area contributed by atoms with E-state index < -0.39 is 0 Å². The van der Waals surface area contributed by atoms with Crippen molar-refractivity contribution in [3.63, 3.8) is 0 Å². The number of hydrogen-bond acceptors (Lipinski definition) is 0. The van der Waals surface area contributed by atoms with Crippen molar-refractivity contribution in [1.29, 1.82) is 0 Å². The molecule has 0 aliphatic carbocycles. The minimum absolute atomic E-state index is 0.833. The van der Waals surface area contributed by atoms with Crippen LogP contribution in [0.1, 0.15) is 61.8 Å². The first-order valence-electron chi connectivity index (χ1n) is 6.10. The summed E-state index contributed by atoms with van der Waals surface area (Å²) in [5, 5.41) is 0. The highest BCUT2D eigenvalue weighted by atomic mass is 13.7. The van der Waals surface area contributed by atoms with E-state index in [1.54, 1.807) is 0 Å². The van der Waals surface area contributed by atoms with Gasteiger partial charge in [-0.25, -0.2) is 0 Å². The molecule has 0 nitrogen and oxygen atoms in total. The molecule has 0 heterocycles. The van der Waals surface area contributed by atoms with Crippen LogP contribution in [0.15, 0.2) is 37.0 Å². The van der Waals surface area contributed by atoms with Crippen LogP contribution in [0.2, 0.25) is 0 Å². The summed E-state index contributed by atoms with van der Waals surface area (Å²) in [6.07, 6.45) is 6.96. The first kappa shape index (κ1) is 24.4. The Morgan fingerprint density at radius 3 is 1.19 bits per heavy atom. The molecule has 98 valence electrons. The molecule has 0 saturated carbocycles. The van der Waals surface area contributed by atoms with Gasteiger partial charge in [0.25, 0.3) is 0 Å². The summed E-state index contributed by atoms with van der Waals surface area (Å²) in [5.74, 6) is 0.833. The fraction of sp³-hybridized carbons (Fsp3) is 0.625. The molecule has 0 aliphatic heterocycles. The quantitative estimate of drug-likeness (QED) is 0.453. The van der Waals surface area contributed by atoms with Crippen molar-refractivity contribution in [3.05, 3.63) is 37.0 Å². The predicted molar refractivity (Wildman–Crippen MR) is 82.0 cm³/mol. The molecule has 0 aromatic carbocycles. The van der Waals surface area contributed by atoms with E-state index in [9.17, 15) is 0 Å². The Kier molecular flexibility index (Phi) is 44.7. The monoisotopic (exact) mass is 226 g/mol. The van der Waals surface area contributed by atoms with E-state index in [0.717, 1.165) is 12.3 Å². The second-order valence-electron chi connectivity index (χ2n) is 4.30. The van der Waals surface area contributed by atoms with Gasteiger partial charge in [0, 0.05) is 0 Å². The zero-order valence-electron chi connectivity index (χ0n) is 12.9. The number of rotatable bonds is 1. The van der Waals surface area contributed by atoms with Gasteiger partial charge >= 0.3 is 0 Å². The van der Waals surface area contributed by atoms with Crippen LogP contribution in [-0.2, 0) is 0 Å². The smallest absolute Gasteiger partial charge is 0.0382 e. The van der Waals surface area contributed by atoms with Crippen LogP contribution >= 0.6 is 0 Å². The van der Waals surface area contributed by atoms with Crippen LogP contribution in [0.3, 0.4) is 0 Å². The van der Waals surface area contributed by atoms with Crippen LogP contribution < -0.4 is 0 Å². The third kappa shape index (κ3) is 1330. The normalized spacial score (nSPS) is 7.81. The molecule has 0 bridgehead atoms. The van der Waals surface area contributed by atoms with Gasteiger partial charge in [0.1, 0.15) is 0 Å². The summed E-state index contributed by atoms with van der Waals surface area (Å²) in [6.45, 7) is 23.5. The van der Waals surface area contributed by atoms with Gasteiger partial charge in [-0.05, 0) is 40.0 Å². The highest BCUT2D eigenvalue weighted by Gasteiger charge is 1.68. The molecule has 0 heteroatoms. The molecule has 0 aromatic heterocycles. The molecule has 0 aromatic rings. The number of hydrogen-bond donors (Lipinski definition) is 0. The molecule has 0 spiro atoms. The molecular weight excluding hydrogens is 192 g/mol. The standard InChI is InChI=1S/C4H10.3C4H8/c2*1-4(2)3;2*1-3-4-2/h4H,1-3H3;1H2,2-3H3;3-4H,1-2H3;3H,1,4H2,2H3/b;;4-3+;. The van der Waals surface area contributed by atoms with E-state index >= 15 is 0 Å². The maximum absolute atomic E-state index is 3.56. The van der Waals surface area contributed by atoms with Crippen molar-refractivity contribution in [2.45, 2.75) is 61.8 Å². The van der Waals surface area contributed by atoms with E-state index in [1.165, 1.54) is 5.57 Å². The molecule has 0 fully saturated rings. The lowest BCUT2D eigenvalue weighted by Gasteiger charge is -1.79. The van der Waals surface area contributed by atoms with Crippen LogP contribution in [-0.4, -0.2) is 0 Å². The van der Waals surface area contributed by atoms with Crippen molar-refractivity contribution in [2.24, 2.45) is 5.92 Å². The molecule has 0 aliphatic rings. The summed E-state index contributed by atoms with van der Waals surface area (Å²) in [7, 11) is 0. The van der Waals surface area contributed by atoms with Crippen molar-refractivity contribution in [2.75, 3.05) is 0 Å². The van der Waals surface area contributed by atoms with Gasteiger partial charge in [-0.1, -0.05) is 51.5 Å². The average molecular weight is 226 g/mol. The summed E-state index contributed by atoms with van der Waals surface area (Å²) >= 11 is 0. The van der Waals surface area contributed by atoms with Crippen LogP contribution in [0.5, 0.6) is 0 Å². The lowest BCUT2D eigenvalue weighted by atomic mass is 10.3. The molecule has 0 radical (unpaired) electrons. The maximum atomic E-state index is 3.56. The Labute approximate surface area is 105 Å². The largest absolute Gasteiger partial charge is 0.103 e. The molecule has 0 unspecified atom stereocenters. The van der Waals surface area contributed by atoms with E-state index in [1.807, 2.05) is 45.9 Å². The summed E-state index contributed by atoms with van der Waals surface area (Å²) < 4.78 is 0. The van der Waals surface area contributed by atoms with Crippen LogP contribution in [0, 0.1) is 5.92 Å². The second kappa shape index (κ2) is 29.2. The average Bonchev–Trinajstić information content (AvgIpc) is 2.16. The molecule has 16 heavy (non-hydrogen) atoms. The Morgan fingerprint density at radius 1 is 1.06 bits per heavy atom. The van der Waals surface area contributed by atoms with E-state index in [4.69, 9.17) is 0 Å². The van der Waals surface area contributed by atoms with Gasteiger partial charge in [-0.3, -0.25) is 0 Å². The zero-order valence-corrected chi connectivity index (χ0v) is 12.9. The van der Waals surface area contributed by atoms with Crippen molar-refractivity contribution in [1.82, 2.24) is 0 Å². The third-order valence-corrected chi connectivity index (χ3v) is 0.622. The third-order valence-electron chi connectivity index (χ3n) is 0.622. The summed E-state index contributed by atoms with van der Waals surface area (Å²) in [4.78, 5) is 0. The van der Waals surface area contributed by atoms with Gasteiger partial charge < -0.3 is 0 Å². The Balaban J connectivity index is -0.0000000600. The van der Waals surface area contributed by atoms with E-state index in [-0.39, 0.29) is 0 Å². The lowest BCUT2D eigenvalue weighted by molar-refractivity contribution is 0.737. The molecule has 0 atom stereocenters. The van der Waals surface area contributed by atoms with Gasteiger partial charge in [0.05, 0.1) is 0 Å². The second-order valence-corrected chi connectivity index (χ2v) is 4.30. The maximum Gasteiger partial charge on any atom is -0.0382 e. The van der Waals surface area contributed by atoms with Gasteiger partial charge in [-0.2, -0.15) is 0 Å². The van der Waals surface area contributed by atoms with Gasteiger partial charge in [0.15, 0.2) is 0 Å². The minimum Gasteiger partial charge on any atom is -0.103 e. The van der Waals surface area contributed by atoms with Crippen LogP contribution in [0.25, 0.3) is 0 Å². The van der Waals surface area contributed by atoms with Gasteiger partial charge in [0.2, 0.25) is 0 Å². The van der Waals surface area contributed by atoms with Gasteiger partial charge in [-0.15, -0.1) is 13.2 Å². The predicted octanol–water partition coefficient (Wildman–Crippen LogP) is 6.41. The first-order chi connectivity index (χ1) is 7.29. The lowest BCUT2D eigenvalue weighted by Crippen LogP contribution is -1.66. The molecule has 0 saturated heterocycles. The molecule has 0 amide bonds. The first-order valence-corrected chi connectivity index (χ1v) is 6.10. The Bertz CT molecular complexity index is 127. The highest BCUT2D eigenvalue weighted by Crippen LogP contribution is 1.81. The fourth-order valence-corrected chi connectivity index (χ4v) is 0. The number of allylic oxidation sites excluding steroid dienone is 4. The molecule has 0 N–H and O–H groups in total. The zero-order chi connectivity index (χ0) is 14.0. The molecular formula is C16H34. The topological polar surface area (TPSA) is 0 Å². The SMILES string of the molecule is C/C=C/C.C=C(C)C.C=CCC.CC(C)C.